The van der Waals surface area contributed by atoms with Crippen molar-refractivity contribution in [1.29, 1.82) is 0 Å². The van der Waals surface area contributed by atoms with E-state index in [9.17, 15) is 4.79 Å². The van der Waals surface area contributed by atoms with Gasteiger partial charge >= 0.3 is 0 Å². The predicted molar refractivity (Wildman–Crippen MR) is 139 cm³/mol. The molecule has 4 rings (SSSR count). The average molecular weight is 478 g/mol. The van der Waals surface area contributed by atoms with E-state index >= 15 is 0 Å². The molecule has 1 fully saturated rings. The van der Waals surface area contributed by atoms with Crippen LogP contribution in [0.5, 0.6) is 0 Å². The Hall–Kier alpha value is -2.77. The molecule has 1 atom stereocenters. The Labute approximate surface area is 207 Å². The molecule has 0 radical (unpaired) electrons. The summed E-state index contributed by atoms with van der Waals surface area (Å²) >= 11 is 1.36. The minimum absolute atomic E-state index is 0.0300. The van der Waals surface area contributed by atoms with Crippen LogP contribution in [0.2, 0.25) is 0 Å². The highest BCUT2D eigenvalue weighted by Gasteiger charge is 2.19. The maximum Gasteiger partial charge on any atom is 0.239 e. The Morgan fingerprint density at radius 1 is 1.09 bits per heavy atom. The number of hydrogen-bond donors (Lipinski definition) is 1. The summed E-state index contributed by atoms with van der Waals surface area (Å²) in [7, 11) is 0. The molecule has 1 aromatic heterocycles. The standard InChI is InChI=1S/C27H35N5OS/c1-22-11-8-9-17-31(22)18-10-16-28-26(33)21-32(20-24-14-6-3-7-15-24)27-29-25(30-34-27)19-23-12-4-2-5-13-23/h2-7,12-15,22H,8-11,16-21H2,1H3,(H,28,33). The molecule has 0 spiro atoms. The minimum atomic E-state index is 0.0300. The number of likely N-dealkylation sites (tertiary alicyclic amines) is 1. The molecule has 7 heteroatoms. The fourth-order valence-corrected chi connectivity index (χ4v) is 5.13. The van der Waals surface area contributed by atoms with Crippen LogP contribution in [-0.2, 0) is 17.8 Å². The molecule has 1 N–H and O–H groups in total. The second kappa shape index (κ2) is 12.6. The van der Waals surface area contributed by atoms with Crippen LogP contribution in [0.4, 0.5) is 5.13 Å². The van der Waals surface area contributed by atoms with Gasteiger partial charge in [-0.05, 0) is 43.9 Å². The first kappa shape index (κ1) is 24.4. The van der Waals surface area contributed by atoms with Crippen molar-refractivity contribution >= 4 is 22.6 Å². The molecule has 1 unspecified atom stereocenters. The maximum atomic E-state index is 12.8. The summed E-state index contributed by atoms with van der Waals surface area (Å²) in [4.78, 5) is 22.2. The van der Waals surface area contributed by atoms with Gasteiger partial charge in [-0.2, -0.15) is 4.37 Å². The Morgan fingerprint density at radius 3 is 2.56 bits per heavy atom. The molecule has 0 saturated carbocycles. The van der Waals surface area contributed by atoms with Crippen LogP contribution in [0.3, 0.4) is 0 Å². The van der Waals surface area contributed by atoms with Crippen molar-refractivity contribution in [2.75, 3.05) is 31.1 Å². The summed E-state index contributed by atoms with van der Waals surface area (Å²) in [6.07, 6.45) is 5.59. The first-order valence-corrected chi connectivity index (χ1v) is 13.1. The van der Waals surface area contributed by atoms with E-state index in [1.807, 2.05) is 41.3 Å². The minimum Gasteiger partial charge on any atom is -0.355 e. The van der Waals surface area contributed by atoms with Gasteiger partial charge in [0, 0.05) is 43.6 Å². The molecule has 2 heterocycles. The van der Waals surface area contributed by atoms with Crippen LogP contribution in [0.1, 0.15) is 49.6 Å². The Bertz CT molecular complexity index is 1010. The molecule has 1 amide bonds. The highest BCUT2D eigenvalue weighted by atomic mass is 32.1. The topological polar surface area (TPSA) is 61.4 Å². The highest BCUT2D eigenvalue weighted by Crippen LogP contribution is 2.21. The third kappa shape index (κ3) is 7.37. The molecular formula is C27H35N5OS. The highest BCUT2D eigenvalue weighted by molar-refractivity contribution is 7.09. The third-order valence-electron chi connectivity index (χ3n) is 6.37. The predicted octanol–water partition coefficient (Wildman–Crippen LogP) is 4.52. The fourth-order valence-electron chi connectivity index (χ4n) is 4.45. The molecule has 3 aromatic rings. The van der Waals surface area contributed by atoms with E-state index in [2.05, 4.69) is 45.8 Å². The number of nitrogens with zero attached hydrogens (tertiary/aromatic N) is 4. The maximum absolute atomic E-state index is 12.8. The average Bonchev–Trinajstić information content (AvgIpc) is 3.32. The lowest BCUT2D eigenvalue weighted by atomic mass is 10.0. The molecule has 0 bridgehead atoms. The van der Waals surface area contributed by atoms with Gasteiger partial charge in [-0.1, -0.05) is 67.1 Å². The van der Waals surface area contributed by atoms with Gasteiger partial charge in [-0.3, -0.25) is 4.79 Å². The molecule has 180 valence electrons. The molecule has 6 nitrogen and oxygen atoms in total. The van der Waals surface area contributed by atoms with E-state index in [1.165, 1.54) is 42.9 Å². The van der Waals surface area contributed by atoms with E-state index in [-0.39, 0.29) is 12.5 Å². The van der Waals surface area contributed by atoms with E-state index in [0.29, 0.717) is 25.6 Å². The van der Waals surface area contributed by atoms with E-state index in [0.717, 1.165) is 29.5 Å². The van der Waals surface area contributed by atoms with Gasteiger partial charge in [0.25, 0.3) is 0 Å². The van der Waals surface area contributed by atoms with Gasteiger partial charge in [-0.25, -0.2) is 4.98 Å². The summed E-state index contributed by atoms with van der Waals surface area (Å²) < 4.78 is 4.57. The normalized spacial score (nSPS) is 16.3. The number of carbonyl (C=O) groups is 1. The van der Waals surface area contributed by atoms with Gasteiger partial charge < -0.3 is 15.1 Å². The summed E-state index contributed by atoms with van der Waals surface area (Å²) in [6.45, 7) is 6.15. The first-order chi connectivity index (χ1) is 16.7. The number of carbonyl (C=O) groups excluding carboxylic acids is 1. The molecule has 2 aromatic carbocycles. The van der Waals surface area contributed by atoms with Gasteiger partial charge in [0.1, 0.15) is 5.82 Å². The second-order valence-electron chi connectivity index (χ2n) is 9.08. The molecule has 1 aliphatic rings. The smallest absolute Gasteiger partial charge is 0.239 e. The lowest BCUT2D eigenvalue weighted by Crippen LogP contribution is -2.40. The van der Waals surface area contributed by atoms with E-state index < -0.39 is 0 Å². The largest absolute Gasteiger partial charge is 0.355 e. The number of nitrogens with one attached hydrogen (secondary N) is 1. The van der Waals surface area contributed by atoms with Gasteiger partial charge in [0.2, 0.25) is 11.0 Å². The molecule has 0 aliphatic carbocycles. The summed E-state index contributed by atoms with van der Waals surface area (Å²) in [5, 5.41) is 3.90. The third-order valence-corrected chi connectivity index (χ3v) is 7.18. The van der Waals surface area contributed by atoms with Crippen LogP contribution in [-0.4, -0.2) is 52.4 Å². The summed E-state index contributed by atoms with van der Waals surface area (Å²) in [5.41, 5.74) is 2.33. The Balaban J connectivity index is 1.33. The number of piperidine rings is 1. The van der Waals surface area contributed by atoms with E-state index in [4.69, 9.17) is 4.98 Å². The zero-order valence-electron chi connectivity index (χ0n) is 20.0. The zero-order chi connectivity index (χ0) is 23.6. The zero-order valence-corrected chi connectivity index (χ0v) is 20.8. The van der Waals surface area contributed by atoms with Crippen molar-refractivity contribution in [2.45, 2.75) is 51.6 Å². The molecular weight excluding hydrogens is 442 g/mol. The van der Waals surface area contributed by atoms with Crippen molar-refractivity contribution in [3.63, 3.8) is 0 Å². The van der Waals surface area contributed by atoms with Crippen LogP contribution >= 0.6 is 11.5 Å². The quantitative estimate of drug-likeness (QED) is 0.412. The van der Waals surface area contributed by atoms with Crippen molar-refractivity contribution in [3.8, 4) is 0 Å². The SMILES string of the molecule is CC1CCCCN1CCCNC(=O)CN(Cc1ccccc1)c1nc(Cc2ccccc2)ns1. The van der Waals surface area contributed by atoms with Crippen LogP contribution in [0.25, 0.3) is 0 Å². The van der Waals surface area contributed by atoms with Crippen molar-refractivity contribution in [3.05, 3.63) is 77.6 Å². The van der Waals surface area contributed by atoms with Crippen LogP contribution in [0.15, 0.2) is 60.7 Å². The number of rotatable bonds is 11. The number of aromatic nitrogens is 2. The van der Waals surface area contributed by atoms with Gasteiger partial charge in [0.15, 0.2) is 0 Å². The first-order valence-electron chi connectivity index (χ1n) is 12.3. The van der Waals surface area contributed by atoms with Crippen LogP contribution in [0, 0.1) is 0 Å². The van der Waals surface area contributed by atoms with E-state index in [1.54, 1.807) is 0 Å². The van der Waals surface area contributed by atoms with Crippen molar-refractivity contribution in [1.82, 2.24) is 19.6 Å². The lowest BCUT2D eigenvalue weighted by molar-refractivity contribution is -0.119. The van der Waals surface area contributed by atoms with Gasteiger partial charge in [-0.15, -0.1) is 0 Å². The summed E-state index contributed by atoms with van der Waals surface area (Å²) in [6, 6.07) is 21.1. The Kier molecular flexibility index (Phi) is 9.04. The summed E-state index contributed by atoms with van der Waals surface area (Å²) in [5.74, 6) is 0.822. The number of benzene rings is 2. The number of hydrogen-bond acceptors (Lipinski definition) is 6. The number of amides is 1. The molecule has 1 aliphatic heterocycles. The van der Waals surface area contributed by atoms with Gasteiger partial charge in [0.05, 0.1) is 6.54 Å². The lowest BCUT2D eigenvalue weighted by Gasteiger charge is -2.33. The molecule has 1 saturated heterocycles. The van der Waals surface area contributed by atoms with Crippen molar-refractivity contribution in [2.24, 2.45) is 0 Å². The fraction of sp³-hybridized carbons (Fsp3) is 0.444. The molecule has 34 heavy (non-hydrogen) atoms. The Morgan fingerprint density at radius 2 is 1.82 bits per heavy atom. The monoisotopic (exact) mass is 477 g/mol. The van der Waals surface area contributed by atoms with Crippen LogP contribution < -0.4 is 10.2 Å². The second-order valence-corrected chi connectivity index (χ2v) is 9.81. The number of anilines is 1. The van der Waals surface area contributed by atoms with Crippen molar-refractivity contribution < 1.29 is 4.79 Å².